The van der Waals surface area contributed by atoms with Crippen LogP contribution in [-0.2, 0) is 0 Å². The molecule has 0 nitrogen and oxygen atoms in total. The van der Waals surface area contributed by atoms with Crippen LogP contribution in [0.4, 0.5) is 0 Å². The van der Waals surface area contributed by atoms with Crippen molar-refractivity contribution in [3.05, 3.63) is 56.4 Å². The Balaban J connectivity index is 2.55. The van der Waals surface area contributed by atoms with E-state index in [1.54, 1.807) is 0 Å². The highest BCUT2D eigenvalue weighted by molar-refractivity contribution is 9.10. The van der Waals surface area contributed by atoms with Crippen LogP contribution in [0.5, 0.6) is 0 Å². The van der Waals surface area contributed by atoms with Gasteiger partial charge in [0.1, 0.15) is 0 Å². The lowest BCUT2D eigenvalue weighted by Crippen LogP contribution is -1.80. The molecule has 0 aromatic heterocycles. The van der Waals surface area contributed by atoms with E-state index < -0.39 is 0 Å². The van der Waals surface area contributed by atoms with E-state index in [2.05, 4.69) is 62.2 Å². The van der Waals surface area contributed by atoms with Gasteiger partial charge in [0.05, 0.1) is 5.02 Å². The third kappa shape index (κ3) is 1.99. The maximum absolute atomic E-state index is 6.34. The Morgan fingerprint density at radius 3 is 2.29 bits per heavy atom. The van der Waals surface area contributed by atoms with Crippen molar-refractivity contribution >= 4 is 65.0 Å². The lowest BCUT2D eigenvalue weighted by atomic mass is 10.0. The fraction of sp³-hybridized carbons (Fsp3) is 0. The van der Waals surface area contributed by atoms with Crippen LogP contribution < -0.4 is 0 Å². The van der Waals surface area contributed by atoms with E-state index in [9.17, 15) is 0 Å². The summed E-state index contributed by atoms with van der Waals surface area (Å²) in [6, 6.07) is 14.5. The number of hydrogen-bond acceptors (Lipinski definition) is 0. The predicted molar refractivity (Wildman–Crippen MR) is 81.9 cm³/mol. The van der Waals surface area contributed by atoms with Crippen molar-refractivity contribution in [3.8, 4) is 0 Å². The minimum absolute atomic E-state index is 0.780. The molecule has 3 aromatic rings. The maximum Gasteiger partial charge on any atom is 0.0501 e. The number of hydrogen-bond donors (Lipinski definition) is 0. The quantitative estimate of drug-likeness (QED) is 0.415. The second-order valence-corrected chi connectivity index (χ2v) is 6.16. The third-order valence-electron chi connectivity index (χ3n) is 2.81. The van der Waals surface area contributed by atoms with E-state index >= 15 is 0 Å². The first-order valence-electron chi connectivity index (χ1n) is 5.12. The SMILES string of the molecule is Clc1cc(Br)cc2ccc3cc(Br)ccc3c12. The first-order chi connectivity index (χ1) is 8.15. The molecule has 0 aliphatic rings. The monoisotopic (exact) mass is 368 g/mol. The molecular weight excluding hydrogens is 363 g/mol. The number of rotatable bonds is 0. The van der Waals surface area contributed by atoms with Crippen molar-refractivity contribution in [1.82, 2.24) is 0 Å². The normalized spacial score (nSPS) is 11.2. The molecule has 17 heavy (non-hydrogen) atoms. The topological polar surface area (TPSA) is 0 Å². The summed E-state index contributed by atoms with van der Waals surface area (Å²) in [5.41, 5.74) is 0. The molecule has 3 aromatic carbocycles. The average Bonchev–Trinajstić information content (AvgIpc) is 2.28. The van der Waals surface area contributed by atoms with Crippen LogP contribution in [0.2, 0.25) is 5.02 Å². The van der Waals surface area contributed by atoms with Gasteiger partial charge < -0.3 is 0 Å². The Kier molecular flexibility index (Phi) is 2.89. The zero-order chi connectivity index (χ0) is 12.0. The van der Waals surface area contributed by atoms with E-state index in [-0.39, 0.29) is 0 Å². The Bertz CT molecular complexity index is 735. The van der Waals surface area contributed by atoms with E-state index in [1.165, 1.54) is 10.8 Å². The van der Waals surface area contributed by atoms with E-state index in [0.29, 0.717) is 0 Å². The maximum atomic E-state index is 6.34. The van der Waals surface area contributed by atoms with Crippen LogP contribution >= 0.6 is 43.5 Å². The van der Waals surface area contributed by atoms with Gasteiger partial charge in [-0.1, -0.05) is 61.7 Å². The number of benzene rings is 3. The molecule has 0 amide bonds. The van der Waals surface area contributed by atoms with Gasteiger partial charge in [0.2, 0.25) is 0 Å². The van der Waals surface area contributed by atoms with Crippen molar-refractivity contribution in [2.24, 2.45) is 0 Å². The largest absolute Gasteiger partial charge is 0.0836 e. The van der Waals surface area contributed by atoms with Gasteiger partial charge in [0.15, 0.2) is 0 Å². The zero-order valence-electron chi connectivity index (χ0n) is 8.68. The van der Waals surface area contributed by atoms with Crippen LogP contribution in [0.25, 0.3) is 21.5 Å². The summed E-state index contributed by atoms with van der Waals surface area (Å²) in [5, 5.41) is 5.42. The van der Waals surface area contributed by atoms with Gasteiger partial charge in [-0.3, -0.25) is 0 Å². The van der Waals surface area contributed by atoms with E-state index in [1.807, 2.05) is 12.1 Å². The van der Waals surface area contributed by atoms with E-state index in [4.69, 9.17) is 11.6 Å². The molecule has 0 aliphatic carbocycles. The fourth-order valence-electron chi connectivity index (χ4n) is 2.09. The molecule has 0 radical (unpaired) electrons. The molecular formula is C14H7Br2Cl. The minimum Gasteiger partial charge on any atom is -0.0836 e. The summed E-state index contributed by atoms with van der Waals surface area (Å²) >= 11 is 13.3. The van der Waals surface area contributed by atoms with Gasteiger partial charge in [0, 0.05) is 14.3 Å². The molecule has 0 spiro atoms. The molecule has 0 heterocycles. The molecule has 3 rings (SSSR count). The molecule has 0 aliphatic heterocycles. The lowest BCUT2D eigenvalue weighted by Gasteiger charge is -2.07. The highest BCUT2D eigenvalue weighted by Gasteiger charge is 2.06. The summed E-state index contributed by atoms with van der Waals surface area (Å²) in [6.45, 7) is 0. The highest BCUT2D eigenvalue weighted by Crippen LogP contribution is 2.34. The van der Waals surface area contributed by atoms with Gasteiger partial charge in [0.25, 0.3) is 0 Å². The first kappa shape index (κ1) is 11.5. The zero-order valence-corrected chi connectivity index (χ0v) is 12.6. The van der Waals surface area contributed by atoms with Crippen LogP contribution in [0.1, 0.15) is 0 Å². The van der Waals surface area contributed by atoms with Crippen molar-refractivity contribution in [2.75, 3.05) is 0 Å². The predicted octanol–water partition coefficient (Wildman–Crippen LogP) is 6.17. The molecule has 84 valence electrons. The Labute approximate surface area is 121 Å². The van der Waals surface area contributed by atoms with Gasteiger partial charge in [-0.2, -0.15) is 0 Å². The molecule has 3 heteroatoms. The Morgan fingerprint density at radius 1 is 0.765 bits per heavy atom. The van der Waals surface area contributed by atoms with Crippen LogP contribution in [0.3, 0.4) is 0 Å². The van der Waals surface area contributed by atoms with Crippen molar-refractivity contribution in [1.29, 1.82) is 0 Å². The van der Waals surface area contributed by atoms with Crippen molar-refractivity contribution in [2.45, 2.75) is 0 Å². The van der Waals surface area contributed by atoms with Crippen molar-refractivity contribution < 1.29 is 0 Å². The first-order valence-corrected chi connectivity index (χ1v) is 7.08. The second kappa shape index (κ2) is 4.27. The van der Waals surface area contributed by atoms with Gasteiger partial charge >= 0.3 is 0 Å². The van der Waals surface area contributed by atoms with Crippen LogP contribution in [-0.4, -0.2) is 0 Å². The second-order valence-electron chi connectivity index (χ2n) is 3.92. The van der Waals surface area contributed by atoms with Crippen LogP contribution in [0, 0.1) is 0 Å². The average molecular weight is 370 g/mol. The number of fused-ring (bicyclic) bond motifs is 3. The summed E-state index contributed by atoms with van der Waals surface area (Å²) in [6.07, 6.45) is 0. The van der Waals surface area contributed by atoms with E-state index in [0.717, 1.165) is 24.7 Å². The lowest BCUT2D eigenvalue weighted by molar-refractivity contribution is 1.70. The summed E-state index contributed by atoms with van der Waals surface area (Å²) in [7, 11) is 0. The Morgan fingerprint density at radius 2 is 1.47 bits per heavy atom. The molecule has 0 saturated heterocycles. The molecule has 0 unspecified atom stereocenters. The molecule has 0 saturated carbocycles. The smallest absolute Gasteiger partial charge is 0.0501 e. The van der Waals surface area contributed by atoms with Gasteiger partial charge in [-0.15, -0.1) is 0 Å². The van der Waals surface area contributed by atoms with Crippen LogP contribution in [0.15, 0.2) is 51.4 Å². The summed E-state index contributed by atoms with van der Waals surface area (Å²) in [4.78, 5) is 0. The molecule has 0 atom stereocenters. The highest BCUT2D eigenvalue weighted by atomic mass is 79.9. The van der Waals surface area contributed by atoms with Gasteiger partial charge in [-0.25, -0.2) is 0 Å². The standard InChI is InChI=1S/C14H7Br2Cl/c15-10-3-4-12-8(5-10)1-2-9-6-11(16)7-13(17)14(9)12/h1-7H. The molecule has 0 bridgehead atoms. The fourth-order valence-corrected chi connectivity index (χ4v) is 3.40. The van der Waals surface area contributed by atoms with Gasteiger partial charge in [-0.05, 0) is 40.4 Å². The summed E-state index contributed by atoms with van der Waals surface area (Å²) < 4.78 is 2.09. The Hall–Kier alpha value is -0.570. The summed E-state index contributed by atoms with van der Waals surface area (Å²) in [5.74, 6) is 0. The third-order valence-corrected chi connectivity index (χ3v) is 4.06. The molecule has 0 N–H and O–H groups in total. The number of halogens is 3. The minimum atomic E-state index is 0.780. The molecule has 0 fully saturated rings. The van der Waals surface area contributed by atoms with Crippen molar-refractivity contribution in [3.63, 3.8) is 0 Å².